The summed E-state index contributed by atoms with van der Waals surface area (Å²) in [6.45, 7) is 8.91. The van der Waals surface area contributed by atoms with E-state index in [0.717, 1.165) is 19.5 Å². The summed E-state index contributed by atoms with van der Waals surface area (Å²) in [5.41, 5.74) is 0.0283. The highest BCUT2D eigenvalue weighted by molar-refractivity contribution is 5.28. The molecule has 0 aliphatic carbocycles. The van der Waals surface area contributed by atoms with Gasteiger partial charge in [0, 0.05) is 19.6 Å². The third kappa shape index (κ3) is 5.12. The fraction of sp³-hybridized carbons (Fsp3) is 0.647. The van der Waals surface area contributed by atoms with Crippen molar-refractivity contribution in [2.75, 3.05) is 46.4 Å². The number of nitrogens with zero attached hydrogens (tertiary/aromatic N) is 2. The van der Waals surface area contributed by atoms with Crippen molar-refractivity contribution < 1.29 is 18.3 Å². The number of hydrogen-bond donors (Lipinski definition) is 0. The average Bonchev–Trinajstić information content (AvgIpc) is 2.66. The first-order valence-electron chi connectivity index (χ1n) is 8.04. The van der Waals surface area contributed by atoms with E-state index in [1.54, 1.807) is 4.90 Å². The third-order valence-electron chi connectivity index (χ3n) is 4.09. The molecular weight excluding hydrogens is 302 g/mol. The van der Waals surface area contributed by atoms with Crippen LogP contribution in [-0.4, -0.2) is 68.4 Å². The Labute approximate surface area is 137 Å². The lowest BCUT2D eigenvalue weighted by atomic mass is 10.2. The number of likely N-dealkylation sites (N-methyl/N-ethyl adjacent to an activating group) is 1. The highest BCUT2D eigenvalue weighted by Crippen LogP contribution is 2.25. The van der Waals surface area contributed by atoms with Crippen LogP contribution in [0.15, 0.2) is 36.1 Å². The van der Waals surface area contributed by atoms with E-state index in [1.807, 2.05) is 7.05 Å². The van der Waals surface area contributed by atoms with E-state index in [2.05, 4.69) is 11.5 Å². The normalized spacial score (nSPS) is 23.8. The summed E-state index contributed by atoms with van der Waals surface area (Å²) in [4.78, 5) is 3.94. The lowest BCUT2D eigenvalue weighted by Crippen LogP contribution is -2.38. The molecule has 2 heterocycles. The predicted octanol–water partition coefficient (Wildman–Crippen LogP) is 2.65. The van der Waals surface area contributed by atoms with Gasteiger partial charge in [0.15, 0.2) is 0 Å². The number of hydrogen-bond acceptors (Lipinski definition) is 4. The molecule has 0 saturated carbocycles. The molecule has 6 heteroatoms. The van der Waals surface area contributed by atoms with Gasteiger partial charge in [-0.1, -0.05) is 6.08 Å². The van der Waals surface area contributed by atoms with Crippen molar-refractivity contribution in [3.63, 3.8) is 0 Å². The van der Waals surface area contributed by atoms with Gasteiger partial charge < -0.3 is 19.3 Å². The largest absolute Gasteiger partial charge is 0.376 e. The highest BCUT2D eigenvalue weighted by Gasteiger charge is 2.24. The van der Waals surface area contributed by atoms with E-state index in [0.29, 0.717) is 26.3 Å². The van der Waals surface area contributed by atoms with Gasteiger partial charge in [0.2, 0.25) is 0 Å². The first-order chi connectivity index (χ1) is 11.0. The molecule has 1 atom stereocenters. The van der Waals surface area contributed by atoms with Crippen molar-refractivity contribution in [2.45, 2.75) is 25.6 Å². The van der Waals surface area contributed by atoms with Gasteiger partial charge in [-0.05, 0) is 33.0 Å². The maximum Gasteiger partial charge on any atom is 0.148 e. The summed E-state index contributed by atoms with van der Waals surface area (Å²) >= 11 is 0. The topological polar surface area (TPSA) is 24.9 Å². The monoisotopic (exact) mass is 328 g/mol. The molecule has 2 aliphatic heterocycles. The van der Waals surface area contributed by atoms with Gasteiger partial charge in [0.1, 0.15) is 23.5 Å². The number of rotatable bonds is 6. The summed E-state index contributed by atoms with van der Waals surface area (Å²) in [5, 5.41) is 0. The number of halogens is 2. The number of allylic oxidation sites excluding steroid dienone is 2. The second-order valence-corrected chi connectivity index (χ2v) is 6.04. The van der Waals surface area contributed by atoms with Gasteiger partial charge in [-0.2, -0.15) is 0 Å². The molecule has 2 rings (SSSR count). The second kappa shape index (κ2) is 8.57. The van der Waals surface area contributed by atoms with Crippen molar-refractivity contribution in [1.82, 2.24) is 9.80 Å². The van der Waals surface area contributed by atoms with Crippen LogP contribution in [0.25, 0.3) is 0 Å². The summed E-state index contributed by atoms with van der Waals surface area (Å²) in [6, 6.07) is 0. The molecule has 0 amide bonds. The Kier molecular flexibility index (Phi) is 6.74. The van der Waals surface area contributed by atoms with Crippen molar-refractivity contribution in [3.8, 4) is 0 Å². The first kappa shape index (κ1) is 18.1. The molecule has 23 heavy (non-hydrogen) atoms. The maximum absolute atomic E-state index is 14.7. The van der Waals surface area contributed by atoms with Gasteiger partial charge in [-0.15, -0.1) is 6.58 Å². The predicted molar refractivity (Wildman–Crippen MR) is 86.4 cm³/mol. The minimum absolute atomic E-state index is 0.0283. The molecule has 0 bridgehead atoms. The summed E-state index contributed by atoms with van der Waals surface area (Å²) in [7, 11) is 2.02. The van der Waals surface area contributed by atoms with E-state index in [4.69, 9.17) is 9.47 Å². The Hall–Kier alpha value is -1.24. The van der Waals surface area contributed by atoms with Crippen molar-refractivity contribution in [1.29, 1.82) is 0 Å². The van der Waals surface area contributed by atoms with Crippen molar-refractivity contribution in [2.24, 2.45) is 0 Å². The second-order valence-electron chi connectivity index (χ2n) is 6.04. The van der Waals surface area contributed by atoms with Gasteiger partial charge in [-0.3, -0.25) is 0 Å². The summed E-state index contributed by atoms with van der Waals surface area (Å²) < 4.78 is 39.3. The zero-order chi connectivity index (χ0) is 16.8. The lowest BCUT2D eigenvalue weighted by molar-refractivity contribution is -0.136. The summed E-state index contributed by atoms with van der Waals surface area (Å²) in [5.74, 6) is -1.11. The molecule has 130 valence electrons. The van der Waals surface area contributed by atoms with Crippen LogP contribution in [0.4, 0.5) is 8.78 Å². The Bertz CT molecular complexity index is 471. The van der Waals surface area contributed by atoms with Gasteiger partial charge in [0.05, 0.1) is 19.3 Å². The molecule has 0 radical (unpaired) electrons. The van der Waals surface area contributed by atoms with E-state index < -0.39 is 17.8 Å². The molecule has 0 N–H and O–H groups in total. The van der Waals surface area contributed by atoms with Crippen LogP contribution >= 0.6 is 0 Å². The lowest BCUT2D eigenvalue weighted by Gasteiger charge is -2.29. The first-order valence-corrected chi connectivity index (χ1v) is 8.04. The van der Waals surface area contributed by atoms with E-state index in [1.165, 1.54) is 19.1 Å². The maximum atomic E-state index is 14.7. The van der Waals surface area contributed by atoms with Crippen LogP contribution in [-0.2, 0) is 9.47 Å². The van der Waals surface area contributed by atoms with Gasteiger partial charge >= 0.3 is 0 Å². The van der Waals surface area contributed by atoms with Crippen LogP contribution < -0.4 is 0 Å². The van der Waals surface area contributed by atoms with Crippen LogP contribution in [0, 0.1) is 0 Å². The quantitative estimate of drug-likeness (QED) is 0.553. The van der Waals surface area contributed by atoms with Crippen LogP contribution in [0.2, 0.25) is 0 Å². The minimum Gasteiger partial charge on any atom is -0.376 e. The Morgan fingerprint density at radius 3 is 2.57 bits per heavy atom. The smallest absolute Gasteiger partial charge is 0.148 e. The molecular formula is C17H26F2N2O2. The molecule has 0 spiro atoms. The molecule has 1 unspecified atom stereocenters. The third-order valence-corrected chi connectivity index (χ3v) is 4.09. The van der Waals surface area contributed by atoms with E-state index >= 15 is 0 Å². The molecule has 0 aromatic carbocycles. The highest BCUT2D eigenvalue weighted by atomic mass is 19.1. The van der Waals surface area contributed by atoms with E-state index in [-0.39, 0.29) is 11.8 Å². The Balaban J connectivity index is 2.10. The van der Waals surface area contributed by atoms with Crippen molar-refractivity contribution >= 4 is 0 Å². The molecule has 4 nitrogen and oxygen atoms in total. The fourth-order valence-electron chi connectivity index (χ4n) is 2.70. The van der Waals surface area contributed by atoms with Gasteiger partial charge in [0.25, 0.3) is 0 Å². The average molecular weight is 328 g/mol. The molecule has 2 fully saturated rings. The zero-order valence-electron chi connectivity index (χ0n) is 13.9. The van der Waals surface area contributed by atoms with Crippen molar-refractivity contribution in [3.05, 3.63) is 36.1 Å². The molecule has 2 saturated heterocycles. The minimum atomic E-state index is -0.598. The van der Waals surface area contributed by atoms with E-state index in [9.17, 15) is 8.78 Å². The standard InChI is InChI=1S/C17H26F2N2O2/c1-4-14(23-15-11-22-12-15)10-16(19)17(13(2)18)21-7-5-6-20(3)8-9-21/h4,10,14-15H,1,5-9,11-12H2,2-3H3/b16-10+,17-13-. The van der Waals surface area contributed by atoms with Crippen LogP contribution in [0.3, 0.4) is 0 Å². The molecule has 0 aromatic heterocycles. The number of ether oxygens (including phenoxy) is 2. The summed E-state index contributed by atoms with van der Waals surface area (Å²) in [6.07, 6.45) is 3.04. The Morgan fingerprint density at radius 1 is 1.26 bits per heavy atom. The van der Waals surface area contributed by atoms with Crippen LogP contribution in [0.5, 0.6) is 0 Å². The van der Waals surface area contributed by atoms with Crippen LogP contribution in [0.1, 0.15) is 13.3 Å². The zero-order valence-corrected chi connectivity index (χ0v) is 13.9. The Morgan fingerprint density at radius 2 is 2.00 bits per heavy atom. The molecule has 2 aliphatic rings. The fourth-order valence-corrected chi connectivity index (χ4v) is 2.70. The van der Waals surface area contributed by atoms with Gasteiger partial charge in [-0.25, -0.2) is 8.78 Å². The molecule has 0 aromatic rings. The SMILES string of the molecule is C=CC(/C=C(F)\C(=C(/C)F)N1CCCN(C)CC1)OC1COC1.